The molecule has 0 aromatic rings. The van der Waals surface area contributed by atoms with Crippen molar-refractivity contribution in [2.75, 3.05) is 6.67 Å². The van der Waals surface area contributed by atoms with Crippen molar-refractivity contribution in [2.24, 2.45) is 5.92 Å². The Bertz CT molecular complexity index is 46.1. The van der Waals surface area contributed by atoms with E-state index in [0.29, 0.717) is 5.92 Å². The van der Waals surface area contributed by atoms with Gasteiger partial charge >= 0.3 is 0 Å². The Kier molecular flexibility index (Phi) is 1.66. The second kappa shape index (κ2) is 2.29. The molecule has 7 heavy (non-hydrogen) atoms. The molecule has 0 heterocycles. The molecule has 1 aliphatic rings. The third-order valence-electron chi connectivity index (χ3n) is 1.69. The number of halogens is 1. The van der Waals surface area contributed by atoms with Gasteiger partial charge in [0.2, 0.25) is 0 Å². The predicted molar refractivity (Wildman–Crippen MR) is 27.9 cm³/mol. The molecule has 0 spiro atoms. The molecule has 1 rings (SSSR count). The van der Waals surface area contributed by atoms with Crippen LogP contribution in [-0.4, -0.2) is 6.67 Å². The van der Waals surface area contributed by atoms with Gasteiger partial charge in [-0.3, -0.25) is 4.39 Å². The van der Waals surface area contributed by atoms with E-state index < -0.39 is 0 Å². The van der Waals surface area contributed by atoms with E-state index in [-0.39, 0.29) is 6.67 Å². The summed E-state index contributed by atoms with van der Waals surface area (Å²) in [4.78, 5) is 0. The lowest BCUT2D eigenvalue weighted by Gasteiger charge is -1.96. The number of alkyl halides is 1. The zero-order valence-electron chi connectivity index (χ0n) is 4.49. The van der Waals surface area contributed by atoms with Gasteiger partial charge in [-0.15, -0.1) is 0 Å². The maximum absolute atomic E-state index is 11.7. The maximum Gasteiger partial charge on any atom is 0.0922 e. The fourth-order valence-electron chi connectivity index (χ4n) is 1.16. The van der Waals surface area contributed by atoms with Crippen LogP contribution in [-0.2, 0) is 0 Å². The van der Waals surface area contributed by atoms with Crippen molar-refractivity contribution in [3.8, 4) is 0 Å². The largest absolute Gasteiger partial charge is 0.251 e. The number of rotatable bonds is 1. The monoisotopic (exact) mass is 102 g/mol. The van der Waals surface area contributed by atoms with Crippen LogP contribution in [0.1, 0.15) is 25.7 Å². The van der Waals surface area contributed by atoms with E-state index in [4.69, 9.17) is 0 Å². The molecule has 0 unspecified atom stereocenters. The Morgan fingerprint density at radius 1 is 1.29 bits per heavy atom. The molecule has 42 valence electrons. The van der Waals surface area contributed by atoms with E-state index in [0.717, 1.165) is 12.8 Å². The predicted octanol–water partition coefficient (Wildman–Crippen LogP) is 2.15. The van der Waals surface area contributed by atoms with Gasteiger partial charge in [-0.05, 0) is 18.8 Å². The van der Waals surface area contributed by atoms with Crippen molar-refractivity contribution in [3.05, 3.63) is 0 Å². The number of hydrogen-bond donors (Lipinski definition) is 0. The van der Waals surface area contributed by atoms with E-state index in [2.05, 4.69) is 0 Å². The summed E-state index contributed by atoms with van der Waals surface area (Å²) < 4.78 is 11.7. The highest BCUT2D eigenvalue weighted by Crippen LogP contribution is 2.24. The molecular weight excluding hydrogens is 91.1 g/mol. The Labute approximate surface area is 43.7 Å². The lowest BCUT2D eigenvalue weighted by molar-refractivity contribution is 0.368. The zero-order valence-corrected chi connectivity index (χ0v) is 4.49. The highest BCUT2D eigenvalue weighted by Gasteiger charge is 2.13. The van der Waals surface area contributed by atoms with Crippen LogP contribution in [0.5, 0.6) is 0 Å². The van der Waals surface area contributed by atoms with E-state index in [1.54, 1.807) is 0 Å². The minimum absolute atomic E-state index is 0.0833. The quantitative estimate of drug-likeness (QED) is 0.476. The Hall–Kier alpha value is -0.0700. The summed E-state index contributed by atoms with van der Waals surface area (Å²) in [5.74, 6) is 0.431. The van der Waals surface area contributed by atoms with Crippen molar-refractivity contribution >= 4 is 0 Å². The van der Waals surface area contributed by atoms with Gasteiger partial charge in [-0.25, -0.2) is 0 Å². The molecule has 0 atom stereocenters. The van der Waals surface area contributed by atoms with Gasteiger partial charge < -0.3 is 0 Å². The van der Waals surface area contributed by atoms with Crippen LogP contribution in [0.25, 0.3) is 0 Å². The topological polar surface area (TPSA) is 0 Å². The molecular formula is C6H11F. The van der Waals surface area contributed by atoms with Crippen molar-refractivity contribution in [1.29, 1.82) is 0 Å². The van der Waals surface area contributed by atoms with Crippen molar-refractivity contribution in [1.82, 2.24) is 0 Å². The first-order chi connectivity index (χ1) is 3.43. The Morgan fingerprint density at radius 2 is 1.86 bits per heavy atom. The van der Waals surface area contributed by atoms with Gasteiger partial charge in [0.05, 0.1) is 6.67 Å². The summed E-state index contributed by atoms with van der Waals surface area (Å²) in [5.41, 5.74) is 0. The average molecular weight is 102 g/mol. The minimum Gasteiger partial charge on any atom is -0.251 e. The summed E-state index contributed by atoms with van der Waals surface area (Å²) in [6.45, 7) is -0.0833. The fraction of sp³-hybridized carbons (Fsp3) is 1.00. The molecule has 0 nitrogen and oxygen atoms in total. The minimum atomic E-state index is -0.0833. The lowest BCUT2D eigenvalue weighted by Crippen LogP contribution is -1.92. The van der Waals surface area contributed by atoms with Gasteiger partial charge in [0.1, 0.15) is 0 Å². The van der Waals surface area contributed by atoms with Crippen molar-refractivity contribution < 1.29 is 4.39 Å². The lowest BCUT2D eigenvalue weighted by atomic mass is 10.1. The highest BCUT2D eigenvalue weighted by atomic mass is 19.1. The van der Waals surface area contributed by atoms with Crippen LogP contribution < -0.4 is 0 Å². The van der Waals surface area contributed by atoms with Crippen LogP contribution in [0, 0.1) is 5.92 Å². The molecule has 0 N–H and O–H groups in total. The summed E-state index contributed by atoms with van der Waals surface area (Å²) in [6.07, 6.45) is 4.79. The maximum atomic E-state index is 11.7. The molecule has 0 bridgehead atoms. The molecule has 0 aromatic heterocycles. The van der Waals surface area contributed by atoms with Crippen LogP contribution in [0.15, 0.2) is 0 Å². The first-order valence-electron chi connectivity index (χ1n) is 2.99. The molecule has 0 radical (unpaired) electrons. The SMILES string of the molecule is FCC1CCCC1. The second-order valence-electron chi connectivity index (χ2n) is 2.30. The fourth-order valence-corrected chi connectivity index (χ4v) is 1.16. The van der Waals surface area contributed by atoms with Gasteiger partial charge in [-0.1, -0.05) is 12.8 Å². The summed E-state index contributed by atoms with van der Waals surface area (Å²) in [7, 11) is 0. The van der Waals surface area contributed by atoms with Gasteiger partial charge in [0, 0.05) is 0 Å². The Morgan fingerprint density at radius 3 is 2.14 bits per heavy atom. The molecule has 0 saturated heterocycles. The third kappa shape index (κ3) is 1.15. The molecule has 0 aromatic carbocycles. The average Bonchev–Trinajstić information content (AvgIpc) is 2.14. The standard InChI is InChI=1S/C6H11F/c7-5-6-3-1-2-4-6/h6H,1-5H2. The smallest absolute Gasteiger partial charge is 0.0922 e. The Balaban J connectivity index is 2.14. The first kappa shape index (κ1) is 5.07. The molecule has 1 fully saturated rings. The number of hydrogen-bond acceptors (Lipinski definition) is 0. The van der Waals surface area contributed by atoms with Crippen LogP contribution in [0.3, 0.4) is 0 Å². The molecule has 1 saturated carbocycles. The van der Waals surface area contributed by atoms with Crippen LogP contribution >= 0.6 is 0 Å². The molecule has 0 amide bonds. The second-order valence-corrected chi connectivity index (χ2v) is 2.30. The van der Waals surface area contributed by atoms with Crippen LogP contribution in [0.4, 0.5) is 4.39 Å². The normalized spacial score (nSPS) is 23.6. The molecule has 0 aliphatic heterocycles. The van der Waals surface area contributed by atoms with E-state index in [1.165, 1.54) is 12.8 Å². The van der Waals surface area contributed by atoms with E-state index >= 15 is 0 Å². The van der Waals surface area contributed by atoms with E-state index in [1.807, 2.05) is 0 Å². The van der Waals surface area contributed by atoms with Crippen molar-refractivity contribution in [2.45, 2.75) is 25.7 Å². The zero-order chi connectivity index (χ0) is 5.11. The van der Waals surface area contributed by atoms with Crippen molar-refractivity contribution in [3.63, 3.8) is 0 Å². The summed E-state index contributed by atoms with van der Waals surface area (Å²) in [5, 5.41) is 0. The van der Waals surface area contributed by atoms with Gasteiger partial charge in [-0.2, -0.15) is 0 Å². The highest BCUT2D eigenvalue weighted by molar-refractivity contribution is 4.65. The summed E-state index contributed by atoms with van der Waals surface area (Å²) in [6, 6.07) is 0. The summed E-state index contributed by atoms with van der Waals surface area (Å²) >= 11 is 0. The van der Waals surface area contributed by atoms with Gasteiger partial charge in [0.15, 0.2) is 0 Å². The van der Waals surface area contributed by atoms with Crippen LogP contribution in [0.2, 0.25) is 0 Å². The van der Waals surface area contributed by atoms with E-state index in [9.17, 15) is 4.39 Å². The first-order valence-corrected chi connectivity index (χ1v) is 2.99. The van der Waals surface area contributed by atoms with Gasteiger partial charge in [0.25, 0.3) is 0 Å². The molecule has 1 aliphatic carbocycles. The molecule has 1 heteroatoms. The third-order valence-corrected chi connectivity index (χ3v) is 1.69.